The van der Waals surface area contributed by atoms with Gasteiger partial charge in [0.15, 0.2) is 0 Å². The van der Waals surface area contributed by atoms with Gasteiger partial charge in [0.1, 0.15) is 12.4 Å². The van der Waals surface area contributed by atoms with Crippen LogP contribution in [0.3, 0.4) is 0 Å². The van der Waals surface area contributed by atoms with Gasteiger partial charge >= 0.3 is 0 Å². The fraction of sp³-hybridized carbons (Fsp3) is 0.100. The molecule has 0 aliphatic rings. The van der Waals surface area contributed by atoms with Gasteiger partial charge in [0.25, 0.3) is 5.24 Å². The number of carbonyl (C=O) groups is 2. The third kappa shape index (κ3) is 1.66. The number of rotatable bonds is 2. The smallest absolute Gasteiger partial charge is 0.253 e. The first-order valence-electron chi connectivity index (χ1n) is 3.80. The highest BCUT2D eigenvalue weighted by atomic mass is 35.5. The first-order chi connectivity index (χ1) is 6.61. The Bertz CT molecular complexity index is 446. The average Bonchev–Trinajstić information content (AvgIpc) is 2.17. The van der Waals surface area contributed by atoms with Crippen molar-refractivity contribution in [2.75, 3.05) is 0 Å². The number of halogens is 1. The first-order valence-corrected chi connectivity index (χ1v) is 4.18. The largest absolute Gasteiger partial charge is 0.298 e. The molecule has 4 heteroatoms. The molecule has 0 N–H and O–H groups in total. The van der Waals surface area contributed by atoms with Crippen LogP contribution >= 0.6 is 11.6 Å². The molecule has 0 amide bonds. The van der Waals surface area contributed by atoms with Crippen LogP contribution in [0.2, 0.25) is 0 Å². The SMILES string of the molecule is Cc1c(C=O)ccc(C(=O)Cl)c1C#N. The van der Waals surface area contributed by atoms with Crippen molar-refractivity contribution in [1.82, 2.24) is 0 Å². The normalized spacial score (nSPS) is 9.21. The lowest BCUT2D eigenvalue weighted by Crippen LogP contribution is -2.00. The summed E-state index contributed by atoms with van der Waals surface area (Å²) in [6, 6.07) is 4.71. The molecule has 1 rings (SSSR count). The van der Waals surface area contributed by atoms with Crippen molar-refractivity contribution in [1.29, 1.82) is 5.26 Å². The van der Waals surface area contributed by atoms with Gasteiger partial charge < -0.3 is 0 Å². The maximum atomic E-state index is 10.9. The van der Waals surface area contributed by atoms with Crippen molar-refractivity contribution in [3.63, 3.8) is 0 Å². The monoisotopic (exact) mass is 207 g/mol. The molecule has 0 radical (unpaired) electrons. The van der Waals surface area contributed by atoms with E-state index in [2.05, 4.69) is 0 Å². The Kier molecular flexibility index (Phi) is 3.00. The van der Waals surface area contributed by atoms with Crippen molar-refractivity contribution in [3.05, 3.63) is 34.4 Å². The van der Waals surface area contributed by atoms with Crippen LogP contribution in [0.15, 0.2) is 12.1 Å². The molecule has 0 bridgehead atoms. The molecule has 0 heterocycles. The van der Waals surface area contributed by atoms with E-state index < -0.39 is 5.24 Å². The first kappa shape index (κ1) is 10.4. The lowest BCUT2D eigenvalue weighted by atomic mass is 9.99. The van der Waals surface area contributed by atoms with E-state index in [4.69, 9.17) is 16.9 Å². The number of carbonyl (C=O) groups excluding carboxylic acids is 2. The van der Waals surface area contributed by atoms with Crippen molar-refractivity contribution in [2.45, 2.75) is 6.92 Å². The second-order valence-electron chi connectivity index (χ2n) is 2.71. The zero-order chi connectivity index (χ0) is 10.7. The molecular weight excluding hydrogens is 202 g/mol. The summed E-state index contributed by atoms with van der Waals surface area (Å²) in [4.78, 5) is 21.5. The Hall–Kier alpha value is -1.66. The van der Waals surface area contributed by atoms with Crippen molar-refractivity contribution in [3.8, 4) is 6.07 Å². The Morgan fingerprint density at radius 3 is 2.64 bits per heavy atom. The third-order valence-corrected chi connectivity index (χ3v) is 2.16. The molecule has 1 aromatic rings. The second-order valence-corrected chi connectivity index (χ2v) is 3.05. The minimum atomic E-state index is -0.693. The average molecular weight is 208 g/mol. The fourth-order valence-corrected chi connectivity index (χ4v) is 1.32. The number of benzene rings is 1. The van der Waals surface area contributed by atoms with Crippen molar-refractivity contribution < 1.29 is 9.59 Å². The maximum Gasteiger partial charge on any atom is 0.253 e. The number of nitrogens with zero attached hydrogens (tertiary/aromatic N) is 1. The van der Waals surface area contributed by atoms with Crippen LogP contribution in [0, 0.1) is 18.3 Å². The quantitative estimate of drug-likeness (QED) is 0.551. The predicted octanol–water partition coefficient (Wildman–Crippen LogP) is 2.06. The van der Waals surface area contributed by atoms with Crippen LogP contribution in [0.25, 0.3) is 0 Å². The zero-order valence-corrected chi connectivity index (χ0v) is 8.13. The summed E-state index contributed by atoms with van der Waals surface area (Å²) in [5.74, 6) is 0. The van der Waals surface area contributed by atoms with E-state index in [0.717, 1.165) is 0 Å². The highest BCUT2D eigenvalue weighted by molar-refractivity contribution is 6.68. The van der Waals surface area contributed by atoms with Gasteiger partial charge in [-0.15, -0.1) is 0 Å². The molecule has 0 saturated heterocycles. The standard InChI is InChI=1S/C10H6ClNO2/c1-6-7(5-13)2-3-8(10(11)14)9(6)4-12/h2-3,5H,1H3. The van der Waals surface area contributed by atoms with E-state index in [-0.39, 0.29) is 11.1 Å². The van der Waals surface area contributed by atoms with E-state index in [9.17, 15) is 9.59 Å². The molecular formula is C10H6ClNO2. The summed E-state index contributed by atoms with van der Waals surface area (Å²) in [6.07, 6.45) is 0.638. The van der Waals surface area contributed by atoms with E-state index >= 15 is 0 Å². The van der Waals surface area contributed by atoms with Crippen LogP contribution in [0.4, 0.5) is 0 Å². The van der Waals surface area contributed by atoms with Crippen molar-refractivity contribution in [2.24, 2.45) is 0 Å². The highest BCUT2D eigenvalue weighted by Crippen LogP contribution is 2.18. The van der Waals surface area contributed by atoms with Gasteiger partial charge in [-0.1, -0.05) is 6.07 Å². The van der Waals surface area contributed by atoms with Gasteiger partial charge in [0, 0.05) is 5.56 Å². The fourth-order valence-electron chi connectivity index (χ4n) is 1.16. The lowest BCUT2D eigenvalue weighted by molar-refractivity contribution is 0.107. The Labute approximate surface area is 85.9 Å². The molecule has 14 heavy (non-hydrogen) atoms. The van der Waals surface area contributed by atoms with Gasteiger partial charge in [-0.2, -0.15) is 5.26 Å². The molecule has 0 saturated carbocycles. The Morgan fingerprint density at radius 1 is 1.57 bits per heavy atom. The van der Waals surface area contributed by atoms with Gasteiger partial charge in [0.05, 0.1) is 11.1 Å². The summed E-state index contributed by atoms with van der Waals surface area (Å²) >= 11 is 5.28. The predicted molar refractivity (Wildman–Crippen MR) is 51.5 cm³/mol. The Morgan fingerprint density at radius 2 is 2.21 bits per heavy atom. The number of hydrogen-bond acceptors (Lipinski definition) is 3. The lowest BCUT2D eigenvalue weighted by Gasteiger charge is -2.04. The molecule has 1 aromatic carbocycles. The van der Waals surface area contributed by atoms with Gasteiger partial charge in [-0.05, 0) is 30.2 Å². The van der Waals surface area contributed by atoms with Crippen LogP contribution in [0.5, 0.6) is 0 Å². The summed E-state index contributed by atoms with van der Waals surface area (Å²) in [5, 5.41) is 8.10. The van der Waals surface area contributed by atoms with E-state index in [1.807, 2.05) is 6.07 Å². The molecule has 0 aromatic heterocycles. The molecule has 0 aliphatic carbocycles. The van der Waals surface area contributed by atoms with Crippen molar-refractivity contribution >= 4 is 23.1 Å². The molecule has 3 nitrogen and oxygen atoms in total. The topological polar surface area (TPSA) is 57.9 Å². The maximum absolute atomic E-state index is 10.9. The van der Waals surface area contributed by atoms with Gasteiger partial charge in [-0.25, -0.2) is 0 Å². The summed E-state index contributed by atoms with van der Waals surface area (Å²) in [6.45, 7) is 1.60. The summed E-state index contributed by atoms with van der Waals surface area (Å²) in [7, 11) is 0. The summed E-state index contributed by atoms with van der Waals surface area (Å²) < 4.78 is 0. The zero-order valence-electron chi connectivity index (χ0n) is 7.37. The molecule has 0 aliphatic heterocycles. The number of aldehydes is 1. The van der Waals surface area contributed by atoms with Gasteiger partial charge in [0.2, 0.25) is 0 Å². The second kappa shape index (κ2) is 4.03. The minimum absolute atomic E-state index is 0.136. The van der Waals surface area contributed by atoms with E-state index in [0.29, 0.717) is 17.4 Å². The number of hydrogen-bond donors (Lipinski definition) is 0. The molecule has 70 valence electrons. The third-order valence-electron chi connectivity index (χ3n) is 1.96. The summed E-state index contributed by atoms with van der Waals surface area (Å²) in [5.41, 5.74) is 1.17. The highest BCUT2D eigenvalue weighted by Gasteiger charge is 2.13. The Balaban J connectivity index is 3.53. The van der Waals surface area contributed by atoms with Crippen LogP contribution < -0.4 is 0 Å². The molecule has 0 atom stereocenters. The van der Waals surface area contributed by atoms with E-state index in [1.54, 1.807) is 6.92 Å². The van der Waals surface area contributed by atoms with Crippen LogP contribution in [0.1, 0.15) is 31.8 Å². The van der Waals surface area contributed by atoms with Crippen LogP contribution in [-0.4, -0.2) is 11.5 Å². The minimum Gasteiger partial charge on any atom is -0.298 e. The van der Waals surface area contributed by atoms with E-state index in [1.165, 1.54) is 12.1 Å². The molecule has 0 unspecified atom stereocenters. The molecule has 0 fully saturated rings. The van der Waals surface area contributed by atoms with Crippen LogP contribution in [-0.2, 0) is 0 Å². The van der Waals surface area contributed by atoms with Gasteiger partial charge in [-0.3, -0.25) is 9.59 Å². The molecule has 0 spiro atoms. The number of nitriles is 1.